The van der Waals surface area contributed by atoms with Crippen molar-refractivity contribution in [3.63, 3.8) is 0 Å². The maximum atomic E-state index is 12.2. The van der Waals surface area contributed by atoms with E-state index in [1.165, 1.54) is 0 Å². The topological polar surface area (TPSA) is 37.3 Å². The van der Waals surface area contributed by atoms with Crippen LogP contribution < -0.4 is 0 Å². The van der Waals surface area contributed by atoms with Gasteiger partial charge in [-0.15, -0.1) is 0 Å². The van der Waals surface area contributed by atoms with E-state index in [9.17, 15) is 9.90 Å². The smallest absolute Gasteiger partial charge is 0.194 e. The highest BCUT2D eigenvalue weighted by Gasteiger charge is 2.37. The van der Waals surface area contributed by atoms with Gasteiger partial charge in [-0.3, -0.25) is 4.79 Å². The highest BCUT2D eigenvalue weighted by Crippen LogP contribution is 2.31. The van der Waals surface area contributed by atoms with Crippen molar-refractivity contribution < 1.29 is 9.90 Å². The van der Waals surface area contributed by atoms with Crippen molar-refractivity contribution in [2.75, 3.05) is 0 Å². The maximum Gasteiger partial charge on any atom is 0.194 e. The molecule has 0 heterocycles. The van der Waals surface area contributed by atoms with E-state index in [-0.39, 0.29) is 5.78 Å². The molecule has 1 aromatic rings. The van der Waals surface area contributed by atoms with Gasteiger partial charge in [0.25, 0.3) is 0 Å². The number of hydrogen-bond donors (Lipinski definition) is 1. The summed E-state index contributed by atoms with van der Waals surface area (Å²) in [6.07, 6.45) is 5.92. The fourth-order valence-electron chi connectivity index (χ4n) is 2.40. The van der Waals surface area contributed by atoms with Gasteiger partial charge in [-0.05, 0) is 18.4 Å². The molecular weight excluding hydrogens is 212 g/mol. The molecule has 0 aromatic heterocycles. The highest BCUT2D eigenvalue weighted by molar-refractivity contribution is 6.02. The van der Waals surface area contributed by atoms with Crippen LogP contribution in [0.1, 0.15) is 48.0 Å². The molecule has 2 rings (SSSR count). The molecule has 0 amide bonds. The molecule has 1 aliphatic carbocycles. The zero-order valence-corrected chi connectivity index (χ0v) is 9.98. The van der Waals surface area contributed by atoms with Crippen molar-refractivity contribution in [1.82, 2.24) is 0 Å². The monoisotopic (exact) mass is 230 g/mol. The average Bonchev–Trinajstić information content (AvgIpc) is 2.39. The summed E-state index contributed by atoms with van der Waals surface area (Å²) in [6.45, 7) is 3.67. The minimum Gasteiger partial charge on any atom is -0.382 e. The first-order chi connectivity index (χ1) is 8.15. The lowest BCUT2D eigenvalue weighted by Crippen LogP contribution is -2.40. The molecule has 0 bridgehead atoms. The second-order valence-corrected chi connectivity index (χ2v) is 4.75. The first-order valence-corrected chi connectivity index (χ1v) is 6.15. The molecule has 0 radical (unpaired) electrons. The molecule has 1 saturated carbocycles. The second kappa shape index (κ2) is 4.84. The Hall–Kier alpha value is -1.41. The lowest BCUT2D eigenvalue weighted by Gasteiger charge is -2.30. The molecule has 90 valence electrons. The van der Waals surface area contributed by atoms with Crippen LogP contribution in [0.2, 0.25) is 0 Å². The quantitative estimate of drug-likeness (QED) is 0.809. The summed E-state index contributed by atoms with van der Waals surface area (Å²) in [5.41, 5.74) is 0.450. The van der Waals surface area contributed by atoms with Crippen LogP contribution >= 0.6 is 0 Å². The minimum absolute atomic E-state index is 0.132. The molecular formula is C15H18O2. The Labute approximate surface area is 102 Å². The van der Waals surface area contributed by atoms with Crippen molar-refractivity contribution in [2.24, 2.45) is 0 Å². The summed E-state index contributed by atoms with van der Waals surface area (Å²) < 4.78 is 0. The molecule has 2 nitrogen and oxygen atoms in total. The Kier molecular flexibility index (Phi) is 3.43. The van der Waals surface area contributed by atoms with E-state index in [0.717, 1.165) is 24.8 Å². The molecule has 1 aromatic carbocycles. The standard InChI is InChI=1S/C15H18O2/c1-2-12-6-8-13(9-7-12)14(16)15(17)10-4-3-5-11-15/h2,6-9,17H,1,3-5,10-11H2. The van der Waals surface area contributed by atoms with Crippen molar-refractivity contribution >= 4 is 11.9 Å². The number of carbonyl (C=O) groups is 1. The number of carbonyl (C=O) groups excluding carboxylic acids is 1. The van der Waals surface area contributed by atoms with E-state index >= 15 is 0 Å². The van der Waals surface area contributed by atoms with Crippen LogP contribution in [0.4, 0.5) is 0 Å². The van der Waals surface area contributed by atoms with Gasteiger partial charge in [0, 0.05) is 5.56 Å². The average molecular weight is 230 g/mol. The summed E-state index contributed by atoms with van der Waals surface area (Å²) in [4.78, 5) is 12.2. The van der Waals surface area contributed by atoms with E-state index in [1.807, 2.05) is 12.1 Å². The second-order valence-electron chi connectivity index (χ2n) is 4.75. The first kappa shape index (κ1) is 12.1. The summed E-state index contributed by atoms with van der Waals surface area (Å²) in [5.74, 6) is -0.132. The molecule has 0 atom stereocenters. The number of Topliss-reactive ketones (excluding diaryl/α,β-unsaturated/α-hetero) is 1. The third kappa shape index (κ3) is 2.47. The predicted octanol–water partition coefficient (Wildman–Crippen LogP) is 3.21. The highest BCUT2D eigenvalue weighted by atomic mass is 16.3. The van der Waals surface area contributed by atoms with Crippen molar-refractivity contribution in [2.45, 2.75) is 37.7 Å². The Balaban J connectivity index is 2.20. The zero-order valence-electron chi connectivity index (χ0n) is 9.98. The van der Waals surface area contributed by atoms with Gasteiger partial charge in [0.2, 0.25) is 0 Å². The van der Waals surface area contributed by atoms with Crippen molar-refractivity contribution in [1.29, 1.82) is 0 Å². The fourth-order valence-corrected chi connectivity index (χ4v) is 2.40. The van der Waals surface area contributed by atoms with E-state index in [1.54, 1.807) is 18.2 Å². The molecule has 1 N–H and O–H groups in total. The Morgan fingerprint density at radius 1 is 1.18 bits per heavy atom. The minimum atomic E-state index is -1.13. The first-order valence-electron chi connectivity index (χ1n) is 6.15. The SMILES string of the molecule is C=Cc1ccc(C(=O)C2(O)CCCCC2)cc1. The zero-order chi connectivity index (χ0) is 12.3. The van der Waals surface area contributed by atoms with Gasteiger partial charge < -0.3 is 5.11 Å². The van der Waals surface area contributed by atoms with Gasteiger partial charge in [-0.1, -0.05) is 56.2 Å². The van der Waals surface area contributed by atoms with Crippen LogP contribution in [-0.2, 0) is 0 Å². The van der Waals surface area contributed by atoms with Gasteiger partial charge in [0.15, 0.2) is 5.78 Å². The van der Waals surface area contributed by atoms with Gasteiger partial charge in [-0.25, -0.2) is 0 Å². The summed E-state index contributed by atoms with van der Waals surface area (Å²) in [6, 6.07) is 7.25. The Morgan fingerprint density at radius 3 is 2.29 bits per heavy atom. The molecule has 1 fully saturated rings. The van der Waals surface area contributed by atoms with Crippen LogP contribution in [0, 0.1) is 0 Å². The van der Waals surface area contributed by atoms with Crippen molar-refractivity contribution in [3.05, 3.63) is 42.0 Å². The number of ketones is 1. The number of benzene rings is 1. The molecule has 1 aliphatic rings. The van der Waals surface area contributed by atoms with Crippen LogP contribution in [0.5, 0.6) is 0 Å². The lowest BCUT2D eigenvalue weighted by molar-refractivity contribution is 0.0116. The summed E-state index contributed by atoms with van der Waals surface area (Å²) in [5, 5.41) is 10.4. The van der Waals surface area contributed by atoms with Crippen LogP contribution in [0.3, 0.4) is 0 Å². The number of aliphatic hydroxyl groups is 1. The molecule has 2 heteroatoms. The van der Waals surface area contributed by atoms with E-state index in [4.69, 9.17) is 0 Å². The van der Waals surface area contributed by atoms with E-state index in [0.29, 0.717) is 18.4 Å². The van der Waals surface area contributed by atoms with Crippen LogP contribution in [0.25, 0.3) is 6.08 Å². The Bertz CT molecular complexity index is 411. The third-order valence-electron chi connectivity index (χ3n) is 3.51. The maximum absolute atomic E-state index is 12.2. The van der Waals surface area contributed by atoms with Gasteiger partial charge in [0.05, 0.1) is 0 Å². The molecule has 0 spiro atoms. The molecule has 0 aliphatic heterocycles. The van der Waals surface area contributed by atoms with E-state index in [2.05, 4.69) is 6.58 Å². The van der Waals surface area contributed by atoms with Gasteiger partial charge in [-0.2, -0.15) is 0 Å². The van der Waals surface area contributed by atoms with Crippen molar-refractivity contribution in [3.8, 4) is 0 Å². The number of hydrogen-bond acceptors (Lipinski definition) is 2. The normalized spacial score (nSPS) is 18.6. The Morgan fingerprint density at radius 2 is 1.76 bits per heavy atom. The summed E-state index contributed by atoms with van der Waals surface area (Å²) in [7, 11) is 0. The van der Waals surface area contributed by atoms with Gasteiger partial charge in [0.1, 0.15) is 5.60 Å². The van der Waals surface area contributed by atoms with Crippen LogP contribution in [-0.4, -0.2) is 16.5 Å². The largest absolute Gasteiger partial charge is 0.382 e. The molecule has 0 unspecified atom stereocenters. The third-order valence-corrected chi connectivity index (χ3v) is 3.51. The van der Waals surface area contributed by atoms with Crippen LogP contribution in [0.15, 0.2) is 30.8 Å². The summed E-state index contributed by atoms with van der Waals surface area (Å²) >= 11 is 0. The van der Waals surface area contributed by atoms with Gasteiger partial charge >= 0.3 is 0 Å². The predicted molar refractivity (Wildman–Crippen MR) is 68.9 cm³/mol. The van der Waals surface area contributed by atoms with E-state index < -0.39 is 5.60 Å². The fraction of sp³-hybridized carbons (Fsp3) is 0.400. The molecule has 0 saturated heterocycles. The molecule has 17 heavy (non-hydrogen) atoms. The lowest BCUT2D eigenvalue weighted by atomic mass is 9.79. The number of rotatable bonds is 3.